The maximum Gasteiger partial charge on any atom is 0.322 e. The highest BCUT2D eigenvalue weighted by Crippen LogP contribution is 2.24. The summed E-state index contributed by atoms with van der Waals surface area (Å²) in [6.07, 6.45) is 3.07. The van der Waals surface area contributed by atoms with Gasteiger partial charge in [-0.2, -0.15) is 15.0 Å². The van der Waals surface area contributed by atoms with Gasteiger partial charge >= 0.3 is 6.01 Å². The van der Waals surface area contributed by atoms with Crippen LogP contribution >= 0.6 is 11.8 Å². The van der Waals surface area contributed by atoms with Crippen molar-refractivity contribution in [1.29, 1.82) is 0 Å². The highest BCUT2D eigenvalue weighted by molar-refractivity contribution is 7.98. The smallest absolute Gasteiger partial charge is 0.322 e. The Kier molecular flexibility index (Phi) is 4.56. The molecular formula is C11H15N5O2S. The number of nitrogens with zero attached hydrogens (tertiary/aromatic N) is 4. The molecule has 2 heterocycles. The summed E-state index contributed by atoms with van der Waals surface area (Å²) >= 11 is 1.22. The molecule has 8 heteroatoms. The zero-order valence-corrected chi connectivity index (χ0v) is 11.8. The molecule has 2 rings (SSSR count). The van der Waals surface area contributed by atoms with Gasteiger partial charge in [0.05, 0.1) is 12.3 Å². The van der Waals surface area contributed by atoms with E-state index in [-0.39, 0.29) is 12.1 Å². The van der Waals surface area contributed by atoms with Crippen molar-refractivity contribution < 1.29 is 9.15 Å². The van der Waals surface area contributed by atoms with Crippen molar-refractivity contribution in [2.24, 2.45) is 0 Å². The standard InChI is InChI=1S/C11H15N5O2S/c1-4-12-8-14-9(18-7(2)3)16-10(15-8)19-11-13-5-6-17-11/h5-7H,4H2,1-3H3,(H,12,14,15,16). The van der Waals surface area contributed by atoms with Crippen molar-refractivity contribution in [3.8, 4) is 6.01 Å². The van der Waals surface area contributed by atoms with Crippen molar-refractivity contribution in [1.82, 2.24) is 19.9 Å². The van der Waals surface area contributed by atoms with Gasteiger partial charge in [0.2, 0.25) is 11.1 Å². The van der Waals surface area contributed by atoms with Crippen molar-refractivity contribution in [3.05, 3.63) is 12.5 Å². The van der Waals surface area contributed by atoms with Gasteiger partial charge in [0.1, 0.15) is 6.26 Å². The Bertz CT molecular complexity index is 518. The molecule has 0 atom stereocenters. The molecular weight excluding hydrogens is 266 g/mol. The van der Waals surface area contributed by atoms with E-state index >= 15 is 0 Å². The maximum absolute atomic E-state index is 5.49. The zero-order chi connectivity index (χ0) is 13.7. The topological polar surface area (TPSA) is 86.0 Å². The van der Waals surface area contributed by atoms with E-state index in [0.29, 0.717) is 22.9 Å². The molecule has 2 aromatic heterocycles. The minimum absolute atomic E-state index is 0.00327. The molecule has 0 radical (unpaired) electrons. The van der Waals surface area contributed by atoms with Crippen LogP contribution in [0.4, 0.5) is 5.95 Å². The second-order valence-electron chi connectivity index (χ2n) is 3.82. The zero-order valence-electron chi connectivity index (χ0n) is 11.0. The normalized spacial score (nSPS) is 10.7. The third-order valence-electron chi connectivity index (χ3n) is 1.86. The van der Waals surface area contributed by atoms with E-state index in [0.717, 1.165) is 0 Å². The van der Waals surface area contributed by atoms with Crippen molar-refractivity contribution in [2.45, 2.75) is 37.3 Å². The summed E-state index contributed by atoms with van der Waals surface area (Å²) in [6.45, 7) is 6.51. The molecule has 0 saturated carbocycles. The van der Waals surface area contributed by atoms with Gasteiger partial charge in [0.25, 0.3) is 5.22 Å². The van der Waals surface area contributed by atoms with E-state index in [4.69, 9.17) is 9.15 Å². The van der Waals surface area contributed by atoms with E-state index in [9.17, 15) is 0 Å². The molecule has 0 fully saturated rings. The summed E-state index contributed by atoms with van der Waals surface area (Å²) in [5.41, 5.74) is 0. The summed E-state index contributed by atoms with van der Waals surface area (Å²) in [5.74, 6) is 0.474. The fourth-order valence-electron chi connectivity index (χ4n) is 1.22. The fraction of sp³-hybridized carbons (Fsp3) is 0.455. The molecule has 0 aliphatic rings. The number of ether oxygens (including phenoxy) is 1. The third kappa shape index (κ3) is 4.09. The summed E-state index contributed by atoms with van der Waals surface area (Å²) < 4.78 is 10.6. The SMILES string of the molecule is CCNc1nc(OC(C)C)nc(Sc2ncco2)n1. The fourth-order valence-corrected chi connectivity index (χ4v) is 1.85. The molecule has 1 N–H and O–H groups in total. The highest BCUT2D eigenvalue weighted by Gasteiger charge is 2.11. The lowest BCUT2D eigenvalue weighted by molar-refractivity contribution is 0.219. The molecule has 7 nitrogen and oxygen atoms in total. The van der Waals surface area contributed by atoms with Crippen LogP contribution < -0.4 is 10.1 Å². The van der Waals surface area contributed by atoms with Gasteiger partial charge in [0, 0.05) is 18.3 Å². The minimum atomic E-state index is -0.00327. The lowest BCUT2D eigenvalue weighted by atomic mass is 10.5. The number of anilines is 1. The largest absolute Gasteiger partial charge is 0.461 e. The third-order valence-corrected chi connectivity index (χ3v) is 2.60. The van der Waals surface area contributed by atoms with Crippen LogP contribution in [-0.4, -0.2) is 32.6 Å². The van der Waals surface area contributed by atoms with Gasteiger partial charge in [-0.1, -0.05) is 0 Å². The van der Waals surface area contributed by atoms with Crippen molar-refractivity contribution >= 4 is 17.7 Å². The average Bonchev–Trinajstić information content (AvgIpc) is 2.81. The highest BCUT2D eigenvalue weighted by atomic mass is 32.2. The van der Waals surface area contributed by atoms with Crippen LogP contribution in [0.15, 0.2) is 27.3 Å². The van der Waals surface area contributed by atoms with Gasteiger partial charge in [0.15, 0.2) is 0 Å². The Labute approximate surface area is 115 Å². The van der Waals surface area contributed by atoms with Gasteiger partial charge in [-0.25, -0.2) is 4.98 Å². The van der Waals surface area contributed by atoms with Crippen LogP contribution in [0.2, 0.25) is 0 Å². The Hall–Kier alpha value is -1.83. The molecule has 0 aromatic carbocycles. The van der Waals surface area contributed by atoms with Gasteiger partial charge in [-0.3, -0.25) is 0 Å². The summed E-state index contributed by atoms with van der Waals surface area (Å²) in [7, 11) is 0. The van der Waals surface area contributed by atoms with E-state index in [1.807, 2.05) is 20.8 Å². The predicted molar refractivity (Wildman–Crippen MR) is 70.4 cm³/mol. The summed E-state index contributed by atoms with van der Waals surface area (Å²) in [5, 5.41) is 3.99. The number of aromatic nitrogens is 4. The second kappa shape index (κ2) is 6.37. The minimum Gasteiger partial charge on any atom is -0.461 e. The molecule has 0 aliphatic heterocycles. The van der Waals surface area contributed by atoms with Gasteiger partial charge in [-0.15, -0.1) is 0 Å². The molecule has 102 valence electrons. The van der Waals surface area contributed by atoms with E-state index in [1.54, 1.807) is 6.20 Å². The summed E-state index contributed by atoms with van der Waals surface area (Å²) in [4.78, 5) is 16.6. The van der Waals surface area contributed by atoms with Crippen molar-refractivity contribution in [3.63, 3.8) is 0 Å². The maximum atomic E-state index is 5.49. The first kappa shape index (κ1) is 13.6. The molecule has 19 heavy (non-hydrogen) atoms. The first-order valence-corrected chi connectivity index (χ1v) is 6.73. The molecule has 0 spiro atoms. The Morgan fingerprint density at radius 3 is 2.84 bits per heavy atom. The predicted octanol–water partition coefficient (Wildman–Crippen LogP) is 2.23. The quantitative estimate of drug-likeness (QED) is 0.862. The molecule has 0 unspecified atom stereocenters. The van der Waals surface area contributed by atoms with Crippen LogP contribution in [0.3, 0.4) is 0 Å². The number of hydrogen-bond donors (Lipinski definition) is 1. The van der Waals surface area contributed by atoms with Crippen molar-refractivity contribution in [2.75, 3.05) is 11.9 Å². The van der Waals surface area contributed by atoms with Crippen LogP contribution in [0.5, 0.6) is 6.01 Å². The average molecular weight is 281 g/mol. The number of oxazole rings is 1. The molecule has 0 amide bonds. The molecule has 0 saturated heterocycles. The lowest BCUT2D eigenvalue weighted by Gasteiger charge is -2.09. The van der Waals surface area contributed by atoms with Gasteiger partial charge < -0.3 is 14.5 Å². The first-order chi connectivity index (χ1) is 9.17. The Morgan fingerprint density at radius 2 is 2.21 bits per heavy atom. The second-order valence-corrected chi connectivity index (χ2v) is 4.74. The van der Waals surface area contributed by atoms with Crippen LogP contribution in [0.25, 0.3) is 0 Å². The number of hydrogen-bond acceptors (Lipinski definition) is 8. The molecule has 0 bridgehead atoms. The Morgan fingerprint density at radius 1 is 1.37 bits per heavy atom. The monoisotopic (exact) mass is 281 g/mol. The summed E-state index contributed by atoms with van der Waals surface area (Å²) in [6, 6.07) is 0.287. The Balaban J connectivity index is 2.22. The first-order valence-electron chi connectivity index (χ1n) is 5.91. The number of rotatable bonds is 6. The molecule has 2 aromatic rings. The van der Waals surface area contributed by atoms with Gasteiger partial charge in [-0.05, 0) is 20.8 Å². The van der Waals surface area contributed by atoms with E-state index in [2.05, 4.69) is 25.3 Å². The van der Waals surface area contributed by atoms with Crippen LogP contribution in [0.1, 0.15) is 20.8 Å². The number of nitrogens with one attached hydrogen (secondary N) is 1. The van der Waals surface area contributed by atoms with E-state index < -0.39 is 0 Å². The molecule has 0 aliphatic carbocycles. The van der Waals surface area contributed by atoms with Crippen LogP contribution in [-0.2, 0) is 0 Å². The lowest BCUT2D eigenvalue weighted by Crippen LogP contribution is -2.11. The van der Waals surface area contributed by atoms with E-state index in [1.165, 1.54) is 18.0 Å². The van der Waals surface area contributed by atoms with Crippen LogP contribution in [0, 0.1) is 0 Å².